The molecule has 2 aromatic carbocycles. The topological polar surface area (TPSA) is 54.9 Å². The molecule has 0 unspecified atom stereocenters. The maximum atomic E-state index is 13.0. The molecule has 2 aliphatic heterocycles. The van der Waals surface area contributed by atoms with Crippen LogP contribution < -0.4 is 9.47 Å². The molecule has 0 atom stereocenters. The average molecular weight is 438 g/mol. The maximum Gasteiger partial charge on any atom is 0.237 e. The first-order valence-corrected chi connectivity index (χ1v) is 11.8. The van der Waals surface area contributed by atoms with Gasteiger partial charge in [0.1, 0.15) is 0 Å². The zero-order chi connectivity index (χ0) is 21.2. The van der Waals surface area contributed by atoms with Crippen LogP contribution in [0.25, 0.3) is 10.2 Å². The number of benzene rings is 2. The summed E-state index contributed by atoms with van der Waals surface area (Å²) in [5.74, 6) is 2.21. The minimum absolute atomic E-state index is 0.179. The van der Waals surface area contributed by atoms with Gasteiger partial charge >= 0.3 is 0 Å². The Kier molecular flexibility index (Phi) is 5.78. The van der Waals surface area contributed by atoms with Crippen molar-refractivity contribution < 1.29 is 14.3 Å². The number of ether oxygens (including phenoxy) is 2. The molecule has 1 fully saturated rings. The second kappa shape index (κ2) is 8.85. The number of para-hydroxylation sites is 1. The van der Waals surface area contributed by atoms with Gasteiger partial charge in [-0.15, -0.1) is 11.3 Å². The van der Waals surface area contributed by atoms with Gasteiger partial charge in [-0.25, -0.2) is 4.98 Å². The largest absolute Gasteiger partial charge is 0.454 e. The lowest BCUT2D eigenvalue weighted by molar-refractivity contribution is -0.133. The van der Waals surface area contributed by atoms with Crippen molar-refractivity contribution in [1.82, 2.24) is 14.8 Å². The van der Waals surface area contributed by atoms with Crippen molar-refractivity contribution in [3.05, 3.63) is 53.0 Å². The van der Waals surface area contributed by atoms with E-state index in [1.54, 1.807) is 0 Å². The third-order valence-corrected chi connectivity index (χ3v) is 7.35. The van der Waals surface area contributed by atoms with E-state index in [-0.39, 0.29) is 12.7 Å². The summed E-state index contributed by atoms with van der Waals surface area (Å²) in [6.45, 7) is 5.93. The Labute approximate surface area is 186 Å². The number of carbonyl (C=O) groups is 1. The van der Waals surface area contributed by atoms with Crippen molar-refractivity contribution in [3.63, 3.8) is 0 Å². The van der Waals surface area contributed by atoms with Crippen LogP contribution in [0.2, 0.25) is 0 Å². The van der Waals surface area contributed by atoms with Crippen LogP contribution in [0.4, 0.5) is 0 Å². The standard InChI is InChI=1S/C24H27N3O3S/c1-2-27(14-17-7-8-20-21(13-17)30-16-29-20)23(28)15-26-11-9-18(10-12-26)24-25-19-5-3-4-6-22(19)31-24/h3-8,13,18H,2,9-12,14-16H2,1H3. The van der Waals surface area contributed by atoms with Gasteiger partial charge in [0.05, 0.1) is 21.8 Å². The normalized spacial score (nSPS) is 16.7. The summed E-state index contributed by atoms with van der Waals surface area (Å²) in [5.41, 5.74) is 2.16. The lowest BCUT2D eigenvalue weighted by Gasteiger charge is -2.32. The first-order valence-electron chi connectivity index (χ1n) is 10.9. The van der Waals surface area contributed by atoms with Crippen molar-refractivity contribution in [2.24, 2.45) is 0 Å². The Morgan fingerprint density at radius 1 is 1.16 bits per heavy atom. The van der Waals surface area contributed by atoms with E-state index in [9.17, 15) is 4.79 Å². The van der Waals surface area contributed by atoms with Crippen LogP contribution in [-0.2, 0) is 11.3 Å². The molecule has 0 bridgehead atoms. The van der Waals surface area contributed by atoms with Crippen molar-refractivity contribution in [2.45, 2.75) is 32.2 Å². The molecule has 6 nitrogen and oxygen atoms in total. The number of hydrogen-bond donors (Lipinski definition) is 0. The summed E-state index contributed by atoms with van der Waals surface area (Å²) < 4.78 is 12.1. The van der Waals surface area contributed by atoms with Gasteiger partial charge in [-0.05, 0) is 62.7 Å². The van der Waals surface area contributed by atoms with E-state index in [0.29, 0.717) is 25.6 Å². The molecule has 7 heteroatoms. The summed E-state index contributed by atoms with van der Waals surface area (Å²) in [4.78, 5) is 22.0. The molecule has 0 saturated carbocycles. The molecule has 31 heavy (non-hydrogen) atoms. The smallest absolute Gasteiger partial charge is 0.237 e. The summed E-state index contributed by atoms with van der Waals surface area (Å²) in [6, 6.07) is 14.2. The van der Waals surface area contributed by atoms with Crippen molar-refractivity contribution in [3.8, 4) is 11.5 Å². The quantitative estimate of drug-likeness (QED) is 0.577. The molecular weight excluding hydrogens is 410 g/mol. The minimum atomic E-state index is 0.179. The van der Waals surface area contributed by atoms with E-state index in [4.69, 9.17) is 14.5 Å². The number of thiazole rings is 1. The predicted octanol–water partition coefficient (Wildman–Crippen LogP) is 4.25. The number of piperidine rings is 1. The number of amides is 1. The molecule has 0 N–H and O–H groups in total. The van der Waals surface area contributed by atoms with Crippen LogP contribution in [0.15, 0.2) is 42.5 Å². The second-order valence-corrected chi connectivity index (χ2v) is 9.23. The molecular formula is C24H27N3O3S. The molecule has 2 aliphatic rings. The maximum absolute atomic E-state index is 13.0. The van der Waals surface area contributed by atoms with Crippen molar-refractivity contribution in [1.29, 1.82) is 0 Å². The van der Waals surface area contributed by atoms with Gasteiger partial charge in [-0.3, -0.25) is 9.69 Å². The van der Waals surface area contributed by atoms with Crippen LogP contribution in [0.3, 0.4) is 0 Å². The molecule has 1 amide bonds. The molecule has 0 spiro atoms. The molecule has 162 valence electrons. The molecule has 0 aliphatic carbocycles. The van der Waals surface area contributed by atoms with Crippen molar-refractivity contribution >= 4 is 27.5 Å². The highest BCUT2D eigenvalue weighted by molar-refractivity contribution is 7.18. The van der Waals surface area contributed by atoms with E-state index in [0.717, 1.165) is 48.5 Å². The molecule has 1 aromatic heterocycles. The van der Waals surface area contributed by atoms with Crippen LogP contribution in [0.5, 0.6) is 11.5 Å². The number of hydrogen-bond acceptors (Lipinski definition) is 6. The minimum Gasteiger partial charge on any atom is -0.454 e. The van der Waals surface area contributed by atoms with Crippen LogP contribution in [0, 0.1) is 0 Å². The van der Waals surface area contributed by atoms with E-state index in [1.807, 2.05) is 47.4 Å². The summed E-state index contributed by atoms with van der Waals surface area (Å²) in [7, 11) is 0. The highest BCUT2D eigenvalue weighted by Crippen LogP contribution is 2.34. The fourth-order valence-corrected chi connectivity index (χ4v) is 5.47. The van der Waals surface area contributed by atoms with Gasteiger partial charge in [-0.1, -0.05) is 18.2 Å². The van der Waals surface area contributed by atoms with Crippen LogP contribution >= 0.6 is 11.3 Å². The van der Waals surface area contributed by atoms with Crippen LogP contribution in [-0.4, -0.2) is 53.7 Å². The monoisotopic (exact) mass is 437 g/mol. The Bertz CT molecular complexity index is 1040. The summed E-state index contributed by atoms with van der Waals surface area (Å²) >= 11 is 1.81. The molecule has 3 heterocycles. The van der Waals surface area contributed by atoms with Crippen molar-refractivity contribution in [2.75, 3.05) is 33.0 Å². The number of carbonyl (C=O) groups excluding carboxylic acids is 1. The third-order valence-electron chi connectivity index (χ3n) is 6.15. The van der Waals surface area contributed by atoms with E-state index < -0.39 is 0 Å². The Morgan fingerprint density at radius 3 is 2.77 bits per heavy atom. The summed E-state index contributed by atoms with van der Waals surface area (Å²) in [6.07, 6.45) is 2.11. The first-order chi connectivity index (χ1) is 15.2. The summed E-state index contributed by atoms with van der Waals surface area (Å²) in [5, 5.41) is 1.24. The third kappa shape index (κ3) is 4.38. The van der Waals surface area contributed by atoms with Gasteiger partial charge in [-0.2, -0.15) is 0 Å². The van der Waals surface area contributed by atoms with Gasteiger partial charge < -0.3 is 14.4 Å². The number of likely N-dealkylation sites (tertiary alicyclic amines) is 1. The lowest BCUT2D eigenvalue weighted by atomic mass is 9.97. The highest BCUT2D eigenvalue weighted by Gasteiger charge is 2.26. The molecule has 1 saturated heterocycles. The average Bonchev–Trinajstić information content (AvgIpc) is 3.44. The van der Waals surface area contributed by atoms with E-state index in [2.05, 4.69) is 23.1 Å². The zero-order valence-electron chi connectivity index (χ0n) is 17.8. The molecule has 3 aromatic rings. The van der Waals surface area contributed by atoms with Crippen LogP contribution in [0.1, 0.15) is 36.3 Å². The lowest BCUT2D eigenvalue weighted by Crippen LogP contribution is -2.42. The predicted molar refractivity (Wildman–Crippen MR) is 122 cm³/mol. The first kappa shape index (κ1) is 20.3. The Hall–Kier alpha value is -2.64. The number of fused-ring (bicyclic) bond motifs is 2. The Balaban J connectivity index is 1.16. The SMILES string of the molecule is CCN(Cc1ccc2c(c1)OCO2)C(=O)CN1CCC(c2nc3ccccc3s2)CC1. The number of rotatable bonds is 6. The fraction of sp³-hybridized carbons (Fsp3) is 0.417. The number of likely N-dealkylation sites (N-methyl/N-ethyl adjacent to an activating group) is 1. The highest BCUT2D eigenvalue weighted by atomic mass is 32.1. The van der Waals surface area contributed by atoms with E-state index >= 15 is 0 Å². The number of aromatic nitrogens is 1. The molecule has 0 radical (unpaired) electrons. The number of nitrogens with zero attached hydrogens (tertiary/aromatic N) is 3. The van der Waals surface area contributed by atoms with Gasteiger partial charge in [0.25, 0.3) is 0 Å². The van der Waals surface area contributed by atoms with Gasteiger partial charge in [0.15, 0.2) is 11.5 Å². The fourth-order valence-electron chi connectivity index (χ4n) is 4.33. The Morgan fingerprint density at radius 2 is 1.97 bits per heavy atom. The second-order valence-electron chi connectivity index (χ2n) is 8.17. The van der Waals surface area contributed by atoms with Gasteiger partial charge in [0.2, 0.25) is 12.7 Å². The van der Waals surface area contributed by atoms with Gasteiger partial charge in [0, 0.05) is 19.0 Å². The molecule has 5 rings (SSSR count). The van der Waals surface area contributed by atoms with E-state index in [1.165, 1.54) is 9.71 Å². The zero-order valence-corrected chi connectivity index (χ0v) is 18.6.